The van der Waals surface area contributed by atoms with Crippen LogP contribution in [0.2, 0.25) is 0 Å². The number of nitrogens with zero attached hydrogens (tertiary/aromatic N) is 1. The topological polar surface area (TPSA) is 3.24 Å². The molecule has 1 nitrogen and oxygen atoms in total. The van der Waals surface area contributed by atoms with Gasteiger partial charge in [-0.15, -0.1) is 17.1 Å². The Hall–Kier alpha value is -7.18. The van der Waals surface area contributed by atoms with Crippen LogP contribution >= 0.6 is 11.3 Å². The molecule has 0 spiro atoms. The summed E-state index contributed by atoms with van der Waals surface area (Å²) in [5.74, 6) is 0.000523. The lowest BCUT2D eigenvalue weighted by atomic mass is 9.71. The largest absolute Gasteiger partial charge is 0.345 e. The monoisotopic (exact) mass is 797 g/mol. The number of rotatable bonds is 4. The molecule has 2 heterocycles. The molecule has 4 aliphatic carbocycles. The highest BCUT2D eigenvalue weighted by atomic mass is 32.1. The fourth-order valence-electron chi connectivity index (χ4n) is 9.99. The van der Waals surface area contributed by atoms with E-state index in [9.17, 15) is 0 Å². The van der Waals surface area contributed by atoms with Gasteiger partial charge in [0.25, 0.3) is 0 Å². The maximum atomic E-state index is 4.51. The van der Waals surface area contributed by atoms with Gasteiger partial charge in [-0.05, 0) is 116 Å². The summed E-state index contributed by atoms with van der Waals surface area (Å²) < 4.78 is 2.64. The summed E-state index contributed by atoms with van der Waals surface area (Å²) in [5.41, 5.74) is 18.5. The van der Waals surface area contributed by atoms with Gasteiger partial charge in [-0.2, -0.15) is 0 Å². The Morgan fingerprint density at radius 2 is 1.41 bits per heavy atom. The zero-order chi connectivity index (χ0) is 41.1. The van der Waals surface area contributed by atoms with Crippen LogP contribution in [0, 0.1) is 12.8 Å². The van der Waals surface area contributed by atoms with E-state index in [4.69, 9.17) is 0 Å². The van der Waals surface area contributed by atoms with Crippen LogP contribution < -0.4 is 0 Å². The van der Waals surface area contributed by atoms with Crippen molar-refractivity contribution < 1.29 is 0 Å². The molecule has 61 heavy (non-hydrogen) atoms. The second kappa shape index (κ2) is 14.8. The van der Waals surface area contributed by atoms with Gasteiger partial charge in [0.05, 0.1) is 17.3 Å². The summed E-state index contributed by atoms with van der Waals surface area (Å²) in [6, 6.07) is 33.2. The van der Waals surface area contributed by atoms with E-state index in [-0.39, 0.29) is 12.0 Å². The predicted molar refractivity (Wildman–Crippen MR) is 262 cm³/mol. The molecule has 0 N–H and O–H groups in total. The Bertz CT molecular complexity index is 3320. The van der Waals surface area contributed by atoms with Gasteiger partial charge in [-0.1, -0.05) is 176 Å². The molecule has 1 aliphatic heterocycles. The third-order valence-electron chi connectivity index (χ3n) is 13.0. The normalized spacial score (nSPS) is 23.8. The van der Waals surface area contributed by atoms with E-state index >= 15 is 0 Å². The van der Waals surface area contributed by atoms with E-state index in [1.165, 1.54) is 69.6 Å². The third kappa shape index (κ3) is 6.16. The average Bonchev–Trinajstić information content (AvgIpc) is 3.38. The lowest BCUT2D eigenvalue weighted by Crippen LogP contribution is -2.55. The number of hydrogen-bond acceptors (Lipinski definition) is 2. The van der Waals surface area contributed by atoms with Crippen LogP contribution in [0.15, 0.2) is 246 Å². The van der Waals surface area contributed by atoms with Crippen molar-refractivity contribution in [3.8, 4) is 0 Å². The van der Waals surface area contributed by atoms with Gasteiger partial charge >= 0.3 is 0 Å². The number of hydrogen-bond donors (Lipinski definition) is 0. The first-order valence-electron chi connectivity index (χ1n) is 21.1. The minimum Gasteiger partial charge on any atom is -0.345 e. The lowest BCUT2D eigenvalue weighted by molar-refractivity contribution is 0.151. The number of allylic oxidation sites excluding steroid dienone is 17. The molecule has 6 aromatic rings. The first-order valence-corrected chi connectivity index (χ1v) is 21.9. The molecule has 11 rings (SSSR count). The summed E-state index contributed by atoms with van der Waals surface area (Å²) in [6.07, 6.45) is 40.0. The fourth-order valence-corrected chi connectivity index (χ4v) is 11.2. The van der Waals surface area contributed by atoms with Gasteiger partial charge in [0, 0.05) is 31.7 Å². The summed E-state index contributed by atoms with van der Waals surface area (Å²) in [7, 11) is 0. The first-order chi connectivity index (χ1) is 30.0. The predicted octanol–water partition coefficient (Wildman–Crippen LogP) is 15.1. The summed E-state index contributed by atoms with van der Waals surface area (Å²) in [5, 5.41) is 7.78. The molecule has 3 atom stereocenters. The van der Waals surface area contributed by atoms with Gasteiger partial charge in [0.1, 0.15) is 0 Å². The van der Waals surface area contributed by atoms with E-state index in [2.05, 4.69) is 207 Å². The molecule has 2 heteroatoms. The van der Waals surface area contributed by atoms with Crippen molar-refractivity contribution in [3.05, 3.63) is 263 Å². The van der Waals surface area contributed by atoms with E-state index in [0.29, 0.717) is 0 Å². The van der Waals surface area contributed by atoms with E-state index in [1.807, 2.05) is 41.7 Å². The van der Waals surface area contributed by atoms with E-state index in [0.717, 1.165) is 28.0 Å². The van der Waals surface area contributed by atoms with Crippen molar-refractivity contribution in [3.63, 3.8) is 0 Å². The quantitative estimate of drug-likeness (QED) is 0.127. The number of aryl methyl sites for hydroxylation is 1. The Kier molecular flexibility index (Phi) is 8.96. The van der Waals surface area contributed by atoms with Crippen molar-refractivity contribution in [2.45, 2.75) is 25.4 Å². The Balaban J connectivity index is 1.05. The second-order valence-corrected chi connectivity index (χ2v) is 17.6. The van der Waals surface area contributed by atoms with Crippen LogP contribution in [-0.4, -0.2) is 16.5 Å². The maximum absolute atomic E-state index is 4.51. The minimum absolute atomic E-state index is 0.000523. The Morgan fingerprint density at radius 1 is 0.656 bits per heavy atom. The molecule has 0 saturated heterocycles. The molecule has 0 saturated carbocycles. The van der Waals surface area contributed by atoms with Crippen molar-refractivity contribution >= 4 is 64.2 Å². The zero-order valence-electron chi connectivity index (χ0n) is 34.3. The fraction of sp³-hybridized carbons (Fsp3) is 0.0847. The number of fused-ring (bicyclic) bond motifs is 7. The SMILES string of the molecule is C=C1/C=C\C=C/C=C=C/C=C\1C1=CC2=C=C(C=C1)N(C1C=CC=C(c3c4ccccc4c(C)c4ccccc34)C=C1)C1(C)C=CC(c3cccc4c3sc3ccccc34)=CC21. The molecular weight excluding hydrogens is 755 g/mol. The van der Waals surface area contributed by atoms with E-state index < -0.39 is 5.54 Å². The molecule has 0 fully saturated rings. The number of thiophene rings is 1. The van der Waals surface area contributed by atoms with Gasteiger partial charge in [-0.3, -0.25) is 0 Å². The first kappa shape index (κ1) is 36.9. The highest BCUT2D eigenvalue weighted by Crippen LogP contribution is 2.49. The molecule has 0 radical (unpaired) electrons. The van der Waals surface area contributed by atoms with Gasteiger partial charge in [-0.25, -0.2) is 0 Å². The minimum atomic E-state index is -0.411. The number of benzene rings is 5. The van der Waals surface area contributed by atoms with Gasteiger partial charge < -0.3 is 4.90 Å². The third-order valence-corrected chi connectivity index (χ3v) is 14.2. The summed E-state index contributed by atoms with van der Waals surface area (Å²) in [6.45, 7) is 9.17. The second-order valence-electron chi connectivity index (χ2n) is 16.5. The zero-order valence-corrected chi connectivity index (χ0v) is 35.1. The van der Waals surface area contributed by atoms with Gasteiger partial charge in [0.15, 0.2) is 0 Å². The molecule has 3 unspecified atom stereocenters. The Labute approximate surface area is 361 Å². The van der Waals surface area contributed by atoms with E-state index in [1.54, 1.807) is 0 Å². The smallest absolute Gasteiger partial charge is 0.0817 e. The molecule has 1 aromatic heterocycles. The highest BCUT2D eigenvalue weighted by Gasteiger charge is 2.46. The van der Waals surface area contributed by atoms with Crippen molar-refractivity contribution in [1.29, 1.82) is 0 Å². The average molecular weight is 798 g/mol. The van der Waals surface area contributed by atoms with Gasteiger partial charge in [0.2, 0.25) is 0 Å². The van der Waals surface area contributed by atoms with Crippen LogP contribution in [0.4, 0.5) is 0 Å². The van der Waals surface area contributed by atoms with Crippen LogP contribution in [0.3, 0.4) is 0 Å². The molecule has 0 amide bonds. The standard InChI is InChI=1S/C59H43NS/c1-39-18-8-6-4-5-7-9-21-47(39)42-31-33-46-37-44(36-42)55-38-43(50-27-17-28-54-51-24-14-15-29-56(51)61-58(50)54)34-35-59(55,3)60(46)45-20-16-19-41(30-32-45)57-52-25-12-10-22-48(52)40(2)49-23-11-13-26-53(49)57/h4-6,8-36,38,45,55H,1H2,2-3H3/b6-4-,18-8-,47-21+. The molecular formula is C59H43NS. The molecule has 5 aromatic carbocycles. The van der Waals surface area contributed by atoms with Crippen LogP contribution in [-0.2, 0) is 0 Å². The van der Waals surface area contributed by atoms with Crippen molar-refractivity contribution in [2.24, 2.45) is 5.92 Å². The van der Waals surface area contributed by atoms with Crippen molar-refractivity contribution in [1.82, 2.24) is 4.90 Å². The maximum Gasteiger partial charge on any atom is 0.0817 e. The molecule has 290 valence electrons. The van der Waals surface area contributed by atoms with Crippen LogP contribution in [0.25, 0.3) is 52.9 Å². The Morgan fingerprint density at radius 3 is 2.23 bits per heavy atom. The van der Waals surface area contributed by atoms with Crippen LogP contribution in [0.5, 0.6) is 0 Å². The molecule has 5 aliphatic rings. The highest BCUT2D eigenvalue weighted by molar-refractivity contribution is 7.26. The summed E-state index contributed by atoms with van der Waals surface area (Å²) in [4.78, 5) is 2.58. The molecule has 2 bridgehead atoms. The van der Waals surface area contributed by atoms with Crippen molar-refractivity contribution in [2.75, 3.05) is 0 Å². The van der Waals surface area contributed by atoms with Crippen LogP contribution in [0.1, 0.15) is 23.6 Å². The summed E-state index contributed by atoms with van der Waals surface area (Å²) >= 11 is 1.89. The lowest BCUT2D eigenvalue weighted by Gasteiger charge is -2.51.